The summed E-state index contributed by atoms with van der Waals surface area (Å²) in [7, 11) is 0. The molecule has 0 bridgehead atoms. The number of carbonyl (C=O) groups excluding carboxylic acids is 1. The summed E-state index contributed by atoms with van der Waals surface area (Å²) in [5.41, 5.74) is 0. The molecule has 6 heteroatoms. The van der Waals surface area contributed by atoms with Crippen molar-refractivity contribution in [1.29, 1.82) is 0 Å². The average Bonchev–Trinajstić information content (AvgIpc) is 2.62. The number of hydrogen-bond donors (Lipinski definition) is 1. The van der Waals surface area contributed by atoms with Crippen LogP contribution in [-0.2, 0) is 4.79 Å². The van der Waals surface area contributed by atoms with Crippen LogP contribution in [0.2, 0.25) is 0 Å². The van der Waals surface area contributed by atoms with Crippen molar-refractivity contribution in [3.63, 3.8) is 0 Å². The quantitative estimate of drug-likeness (QED) is 0.784. The van der Waals surface area contributed by atoms with Gasteiger partial charge in [-0.2, -0.15) is 0 Å². The van der Waals surface area contributed by atoms with E-state index in [1.807, 2.05) is 12.3 Å². The molecule has 1 aromatic rings. The van der Waals surface area contributed by atoms with Gasteiger partial charge in [0.1, 0.15) is 0 Å². The molecule has 1 unspecified atom stereocenters. The highest BCUT2D eigenvalue weighted by Gasteiger charge is 2.26. The van der Waals surface area contributed by atoms with Gasteiger partial charge in [-0.05, 0) is 6.92 Å². The van der Waals surface area contributed by atoms with E-state index >= 15 is 0 Å². The predicted molar refractivity (Wildman–Crippen MR) is 59.2 cm³/mol. The van der Waals surface area contributed by atoms with Crippen molar-refractivity contribution in [2.75, 3.05) is 18.0 Å². The van der Waals surface area contributed by atoms with Crippen LogP contribution in [0.4, 0.5) is 5.13 Å². The molecule has 1 fully saturated rings. The number of rotatable bonds is 1. The SMILES string of the molecule is CC1NCCN(c2nccs2)C1=O.Cl. The Morgan fingerprint density at radius 1 is 1.71 bits per heavy atom. The molecular weight excluding hydrogens is 222 g/mol. The van der Waals surface area contributed by atoms with Gasteiger partial charge in [0.2, 0.25) is 5.91 Å². The lowest BCUT2D eigenvalue weighted by molar-refractivity contribution is -0.121. The molecule has 0 saturated carbocycles. The Balaban J connectivity index is 0.000000980. The minimum absolute atomic E-state index is 0. The molecule has 2 heterocycles. The van der Waals surface area contributed by atoms with Crippen molar-refractivity contribution in [2.45, 2.75) is 13.0 Å². The number of halogens is 1. The highest BCUT2D eigenvalue weighted by atomic mass is 35.5. The largest absolute Gasteiger partial charge is 0.304 e. The molecule has 4 nitrogen and oxygen atoms in total. The van der Waals surface area contributed by atoms with E-state index in [1.165, 1.54) is 11.3 Å². The van der Waals surface area contributed by atoms with Gasteiger partial charge in [0.25, 0.3) is 0 Å². The van der Waals surface area contributed by atoms with Crippen LogP contribution in [0.15, 0.2) is 11.6 Å². The number of thiazole rings is 1. The lowest BCUT2D eigenvalue weighted by Gasteiger charge is -2.29. The highest BCUT2D eigenvalue weighted by molar-refractivity contribution is 7.13. The van der Waals surface area contributed by atoms with E-state index in [-0.39, 0.29) is 24.4 Å². The maximum atomic E-state index is 11.7. The average molecular weight is 234 g/mol. The fourth-order valence-electron chi connectivity index (χ4n) is 1.36. The topological polar surface area (TPSA) is 45.2 Å². The molecule has 1 N–H and O–H groups in total. The Labute approximate surface area is 92.7 Å². The van der Waals surface area contributed by atoms with Gasteiger partial charge in [0.05, 0.1) is 6.04 Å². The minimum atomic E-state index is -0.0855. The Hall–Kier alpha value is -0.650. The molecule has 0 radical (unpaired) electrons. The second-order valence-corrected chi connectivity index (χ2v) is 3.85. The van der Waals surface area contributed by atoms with Gasteiger partial charge in [-0.3, -0.25) is 9.69 Å². The van der Waals surface area contributed by atoms with E-state index in [4.69, 9.17) is 0 Å². The summed E-state index contributed by atoms with van der Waals surface area (Å²) >= 11 is 1.50. The van der Waals surface area contributed by atoms with Crippen LogP contribution in [0.5, 0.6) is 0 Å². The first-order valence-corrected chi connectivity index (χ1v) is 5.11. The van der Waals surface area contributed by atoms with Crippen LogP contribution in [0.1, 0.15) is 6.92 Å². The number of nitrogens with one attached hydrogen (secondary N) is 1. The summed E-state index contributed by atoms with van der Waals surface area (Å²) < 4.78 is 0. The van der Waals surface area contributed by atoms with Crippen LogP contribution in [0, 0.1) is 0 Å². The molecule has 0 spiro atoms. The van der Waals surface area contributed by atoms with E-state index < -0.39 is 0 Å². The molecule has 1 amide bonds. The van der Waals surface area contributed by atoms with Crippen molar-refractivity contribution in [2.24, 2.45) is 0 Å². The van der Waals surface area contributed by atoms with Crippen LogP contribution in [0.3, 0.4) is 0 Å². The normalized spacial score (nSPS) is 21.9. The summed E-state index contributed by atoms with van der Waals surface area (Å²) in [5.74, 6) is 0.112. The third kappa shape index (κ3) is 2.05. The van der Waals surface area contributed by atoms with Crippen molar-refractivity contribution < 1.29 is 4.79 Å². The van der Waals surface area contributed by atoms with Gasteiger partial charge in [-0.1, -0.05) is 0 Å². The van der Waals surface area contributed by atoms with E-state index in [0.717, 1.165) is 18.2 Å². The summed E-state index contributed by atoms with van der Waals surface area (Å²) in [6.45, 7) is 3.44. The Kier molecular flexibility index (Phi) is 3.86. The molecule has 1 aromatic heterocycles. The van der Waals surface area contributed by atoms with Crippen molar-refractivity contribution in [3.8, 4) is 0 Å². The lowest BCUT2D eigenvalue weighted by Crippen LogP contribution is -2.53. The molecule has 14 heavy (non-hydrogen) atoms. The molecule has 1 aliphatic rings. The van der Waals surface area contributed by atoms with Crippen molar-refractivity contribution in [3.05, 3.63) is 11.6 Å². The van der Waals surface area contributed by atoms with Crippen LogP contribution < -0.4 is 10.2 Å². The fourth-order valence-corrected chi connectivity index (χ4v) is 2.04. The number of anilines is 1. The van der Waals surface area contributed by atoms with Gasteiger partial charge in [-0.15, -0.1) is 23.7 Å². The van der Waals surface area contributed by atoms with E-state index in [1.54, 1.807) is 11.1 Å². The molecule has 78 valence electrons. The Morgan fingerprint density at radius 3 is 3.14 bits per heavy atom. The predicted octanol–water partition coefficient (Wildman–Crippen LogP) is 0.890. The third-order valence-corrected chi connectivity index (χ3v) is 2.87. The second kappa shape index (κ2) is 4.72. The summed E-state index contributed by atoms with van der Waals surface area (Å²) in [6, 6.07) is -0.0855. The number of piperazine rings is 1. The first kappa shape index (κ1) is 11.4. The molecule has 0 aromatic carbocycles. The number of amides is 1. The molecule has 1 saturated heterocycles. The zero-order valence-corrected chi connectivity index (χ0v) is 9.40. The molecule has 0 aliphatic carbocycles. The summed E-state index contributed by atoms with van der Waals surface area (Å²) in [6.07, 6.45) is 1.72. The van der Waals surface area contributed by atoms with E-state index in [2.05, 4.69) is 10.3 Å². The molecule has 2 rings (SSSR count). The van der Waals surface area contributed by atoms with E-state index in [9.17, 15) is 4.79 Å². The third-order valence-electron chi connectivity index (χ3n) is 2.07. The second-order valence-electron chi connectivity index (χ2n) is 2.98. The molecule has 1 aliphatic heterocycles. The fraction of sp³-hybridized carbons (Fsp3) is 0.500. The van der Waals surface area contributed by atoms with Crippen LogP contribution in [0.25, 0.3) is 0 Å². The van der Waals surface area contributed by atoms with E-state index in [0.29, 0.717) is 0 Å². The molecule has 1 atom stereocenters. The molecular formula is C8H12ClN3OS. The van der Waals surface area contributed by atoms with Gasteiger partial charge in [0.15, 0.2) is 5.13 Å². The number of nitrogens with zero attached hydrogens (tertiary/aromatic N) is 2. The summed E-state index contributed by atoms with van der Waals surface area (Å²) in [5, 5.41) is 5.80. The standard InChI is InChI=1S/C8H11N3OS.ClH/c1-6-7(12)11(4-2-9-6)8-10-3-5-13-8;/h3,5-6,9H,2,4H2,1H3;1H. The number of hydrogen-bond acceptors (Lipinski definition) is 4. The Morgan fingerprint density at radius 2 is 2.50 bits per heavy atom. The van der Waals surface area contributed by atoms with Gasteiger partial charge in [-0.25, -0.2) is 4.98 Å². The van der Waals surface area contributed by atoms with Gasteiger partial charge in [0, 0.05) is 24.7 Å². The summed E-state index contributed by atoms with van der Waals surface area (Å²) in [4.78, 5) is 17.5. The zero-order valence-electron chi connectivity index (χ0n) is 7.77. The minimum Gasteiger partial charge on any atom is -0.304 e. The number of carbonyl (C=O) groups is 1. The van der Waals surface area contributed by atoms with Gasteiger partial charge < -0.3 is 5.32 Å². The number of aromatic nitrogens is 1. The van der Waals surface area contributed by atoms with Crippen molar-refractivity contribution >= 4 is 34.8 Å². The maximum absolute atomic E-state index is 11.7. The Bertz CT molecular complexity index is 304. The first-order valence-electron chi connectivity index (χ1n) is 4.23. The van der Waals surface area contributed by atoms with Crippen LogP contribution >= 0.6 is 23.7 Å². The zero-order chi connectivity index (χ0) is 9.26. The van der Waals surface area contributed by atoms with Crippen LogP contribution in [-0.4, -0.2) is 30.0 Å². The first-order chi connectivity index (χ1) is 6.29. The highest BCUT2D eigenvalue weighted by Crippen LogP contribution is 2.19. The monoisotopic (exact) mass is 233 g/mol. The maximum Gasteiger partial charge on any atom is 0.245 e. The lowest BCUT2D eigenvalue weighted by atomic mass is 10.2. The van der Waals surface area contributed by atoms with Gasteiger partial charge >= 0.3 is 0 Å². The smallest absolute Gasteiger partial charge is 0.245 e. The van der Waals surface area contributed by atoms with Crippen molar-refractivity contribution in [1.82, 2.24) is 10.3 Å².